The lowest BCUT2D eigenvalue weighted by molar-refractivity contribution is -0.319. The van der Waals surface area contributed by atoms with Crippen LogP contribution in [-0.2, 0) is 23.7 Å². The van der Waals surface area contributed by atoms with Gasteiger partial charge in [-0.3, -0.25) is 0 Å². The highest BCUT2D eigenvalue weighted by atomic mass is 16.7. The molecule has 13 heteroatoms. The first kappa shape index (κ1) is 28.1. The molecule has 0 radical (unpaired) electrons. The number of aliphatic hydroxyl groups is 8. The van der Waals surface area contributed by atoms with Crippen molar-refractivity contribution in [1.29, 1.82) is 0 Å². The Labute approximate surface area is 197 Å². The minimum absolute atomic E-state index is 0.198. The number of ether oxygens (including phenoxy) is 5. The summed E-state index contributed by atoms with van der Waals surface area (Å²) in [5.74, 6) is -1.57. The summed E-state index contributed by atoms with van der Waals surface area (Å²) < 4.78 is 27.6. The van der Waals surface area contributed by atoms with Crippen LogP contribution in [0, 0.1) is 11.8 Å². The Morgan fingerprint density at radius 3 is 1.62 bits per heavy atom. The van der Waals surface area contributed by atoms with Crippen molar-refractivity contribution in [3.8, 4) is 0 Å². The second-order valence-corrected chi connectivity index (χ2v) is 9.41. The molecule has 3 rings (SSSR count). The monoisotopic (exact) mass is 498 g/mol. The molecule has 3 heterocycles. The molecule has 0 aromatic carbocycles. The maximum atomic E-state index is 10.6. The van der Waals surface area contributed by atoms with Crippen LogP contribution in [0.15, 0.2) is 0 Å². The van der Waals surface area contributed by atoms with Gasteiger partial charge in [-0.25, -0.2) is 0 Å². The first-order valence-electron chi connectivity index (χ1n) is 11.5. The van der Waals surface area contributed by atoms with Crippen LogP contribution in [0.5, 0.6) is 0 Å². The van der Waals surface area contributed by atoms with Gasteiger partial charge in [-0.1, -0.05) is 0 Å². The van der Waals surface area contributed by atoms with Gasteiger partial charge in [-0.2, -0.15) is 0 Å². The third kappa shape index (κ3) is 5.72. The fraction of sp³-hybridized carbons (Fsp3) is 1.00. The summed E-state index contributed by atoms with van der Waals surface area (Å²) in [7, 11) is 0. The predicted octanol–water partition coefficient (Wildman–Crippen LogP) is -3.95. The van der Waals surface area contributed by atoms with Gasteiger partial charge in [0.1, 0.15) is 30.5 Å². The number of aliphatic hydroxyl groups excluding tert-OH is 8. The average molecular weight is 499 g/mol. The fourth-order valence-corrected chi connectivity index (χ4v) is 4.63. The minimum atomic E-state index is -1.51. The molecule has 8 N–H and O–H groups in total. The highest BCUT2D eigenvalue weighted by Gasteiger charge is 2.48. The van der Waals surface area contributed by atoms with Gasteiger partial charge in [0.2, 0.25) is 0 Å². The lowest BCUT2D eigenvalue weighted by Gasteiger charge is -2.44. The zero-order valence-electron chi connectivity index (χ0n) is 19.4. The third-order valence-electron chi connectivity index (χ3n) is 7.04. The number of hydrogen-bond acceptors (Lipinski definition) is 13. The molecule has 3 saturated heterocycles. The zero-order chi connectivity index (χ0) is 25.3. The molecular weight excluding hydrogens is 460 g/mol. The zero-order valence-corrected chi connectivity index (χ0v) is 19.4. The van der Waals surface area contributed by atoms with Crippen molar-refractivity contribution in [3.05, 3.63) is 0 Å². The SMILES string of the molecule is CC1OC(CO)[C@H](O)C(CO[C@@H]2OC(C)[C@@H](CO[C@@H]3OC(C)[C@@H](O)C(O)C3O)C(O)C2O)C1O. The second-order valence-electron chi connectivity index (χ2n) is 9.41. The van der Waals surface area contributed by atoms with E-state index in [-0.39, 0.29) is 13.2 Å². The van der Waals surface area contributed by atoms with Crippen LogP contribution >= 0.6 is 0 Å². The maximum absolute atomic E-state index is 10.6. The van der Waals surface area contributed by atoms with Crippen molar-refractivity contribution in [2.24, 2.45) is 11.8 Å². The smallest absolute Gasteiger partial charge is 0.186 e. The Balaban J connectivity index is 1.55. The highest BCUT2D eigenvalue weighted by Crippen LogP contribution is 2.31. The second kappa shape index (κ2) is 11.7. The summed E-state index contributed by atoms with van der Waals surface area (Å²) >= 11 is 0. The first-order chi connectivity index (χ1) is 16.0. The minimum Gasteiger partial charge on any atom is -0.394 e. The van der Waals surface area contributed by atoms with E-state index >= 15 is 0 Å². The maximum Gasteiger partial charge on any atom is 0.186 e. The van der Waals surface area contributed by atoms with E-state index in [1.165, 1.54) is 6.92 Å². The van der Waals surface area contributed by atoms with E-state index in [2.05, 4.69) is 0 Å². The molecule has 3 fully saturated rings. The molecule has 13 nitrogen and oxygen atoms in total. The molecule has 15 atom stereocenters. The van der Waals surface area contributed by atoms with Crippen molar-refractivity contribution >= 4 is 0 Å². The van der Waals surface area contributed by atoms with E-state index in [4.69, 9.17) is 23.7 Å². The van der Waals surface area contributed by atoms with E-state index in [1.807, 2.05) is 0 Å². The van der Waals surface area contributed by atoms with Gasteiger partial charge >= 0.3 is 0 Å². The van der Waals surface area contributed by atoms with Gasteiger partial charge in [0.25, 0.3) is 0 Å². The molecular formula is C21H38O13. The molecule has 34 heavy (non-hydrogen) atoms. The van der Waals surface area contributed by atoms with Crippen LogP contribution in [0.25, 0.3) is 0 Å². The summed E-state index contributed by atoms with van der Waals surface area (Å²) in [6.45, 7) is 3.87. The predicted molar refractivity (Wildman–Crippen MR) is 111 cm³/mol. The molecule has 0 saturated carbocycles. The van der Waals surface area contributed by atoms with Crippen LogP contribution in [-0.4, -0.2) is 140 Å². The quantitative estimate of drug-likeness (QED) is 0.169. The van der Waals surface area contributed by atoms with Crippen LogP contribution in [0.1, 0.15) is 20.8 Å². The Bertz CT molecular complexity index is 640. The molecule has 0 aliphatic carbocycles. The summed E-state index contributed by atoms with van der Waals surface area (Å²) in [5, 5.41) is 81.1. The third-order valence-corrected chi connectivity index (χ3v) is 7.04. The number of hydrogen-bond donors (Lipinski definition) is 8. The van der Waals surface area contributed by atoms with E-state index < -0.39 is 98.2 Å². The Morgan fingerprint density at radius 2 is 1.03 bits per heavy atom. The van der Waals surface area contributed by atoms with Gasteiger partial charge in [0, 0.05) is 11.8 Å². The fourth-order valence-electron chi connectivity index (χ4n) is 4.63. The first-order valence-corrected chi connectivity index (χ1v) is 11.5. The van der Waals surface area contributed by atoms with E-state index in [9.17, 15) is 40.9 Å². The van der Waals surface area contributed by atoms with Gasteiger partial charge in [0.05, 0.1) is 56.4 Å². The molecule has 0 amide bonds. The van der Waals surface area contributed by atoms with Crippen molar-refractivity contribution in [3.63, 3.8) is 0 Å². The van der Waals surface area contributed by atoms with Crippen molar-refractivity contribution in [2.75, 3.05) is 19.8 Å². The largest absolute Gasteiger partial charge is 0.394 e. The molecule has 0 aromatic heterocycles. The van der Waals surface area contributed by atoms with E-state index in [0.717, 1.165) is 0 Å². The van der Waals surface area contributed by atoms with E-state index in [1.54, 1.807) is 13.8 Å². The Kier molecular flexibility index (Phi) is 9.64. The topological polar surface area (TPSA) is 208 Å². The van der Waals surface area contributed by atoms with Gasteiger partial charge in [0.15, 0.2) is 12.6 Å². The van der Waals surface area contributed by atoms with Crippen molar-refractivity contribution in [2.45, 2.75) is 100 Å². The lowest BCUT2D eigenvalue weighted by Crippen LogP contribution is -2.60. The summed E-state index contributed by atoms with van der Waals surface area (Å²) in [4.78, 5) is 0. The lowest BCUT2D eigenvalue weighted by atomic mass is 9.87. The Morgan fingerprint density at radius 1 is 0.529 bits per heavy atom. The van der Waals surface area contributed by atoms with Gasteiger partial charge in [-0.15, -0.1) is 0 Å². The van der Waals surface area contributed by atoms with Crippen LogP contribution in [0.2, 0.25) is 0 Å². The van der Waals surface area contributed by atoms with Crippen LogP contribution in [0.4, 0.5) is 0 Å². The van der Waals surface area contributed by atoms with Crippen molar-refractivity contribution in [1.82, 2.24) is 0 Å². The highest BCUT2D eigenvalue weighted by molar-refractivity contribution is 4.92. The summed E-state index contributed by atoms with van der Waals surface area (Å²) in [6.07, 6.45) is -14.9. The van der Waals surface area contributed by atoms with Crippen LogP contribution < -0.4 is 0 Å². The molecule has 0 spiro atoms. The van der Waals surface area contributed by atoms with Crippen molar-refractivity contribution < 1.29 is 64.5 Å². The molecule has 0 bridgehead atoms. The average Bonchev–Trinajstić information content (AvgIpc) is 2.80. The summed E-state index contributed by atoms with van der Waals surface area (Å²) in [5.41, 5.74) is 0. The van der Waals surface area contributed by atoms with Gasteiger partial charge < -0.3 is 64.5 Å². The normalized spacial score (nSPS) is 52.5. The van der Waals surface area contributed by atoms with Gasteiger partial charge in [-0.05, 0) is 20.8 Å². The van der Waals surface area contributed by atoms with E-state index in [0.29, 0.717) is 0 Å². The molecule has 3 aliphatic rings. The number of rotatable bonds is 7. The molecule has 200 valence electrons. The molecule has 0 aromatic rings. The standard InChI is InChI=1S/C21H38O13/c1-7-10(5-30-21-19(29)17(27)14(24)9(3)34-21)16(26)18(28)20(33-7)31-6-11-13(23)8(2)32-12(4-22)15(11)25/h7-29H,4-6H2,1-3H3/t7?,8?,9?,10-,11?,12?,13?,14-,15-,16?,17?,18?,19?,20-,21-/m1/s1. The van der Waals surface area contributed by atoms with Crippen LogP contribution in [0.3, 0.4) is 0 Å². The molecule has 3 aliphatic heterocycles. The Hall–Kier alpha value is -0.520. The molecule has 10 unspecified atom stereocenters. The summed E-state index contributed by atoms with van der Waals surface area (Å²) in [6, 6.07) is 0.